The predicted molar refractivity (Wildman–Crippen MR) is 113 cm³/mol. The molecule has 1 unspecified atom stereocenters. The number of benzene rings is 1. The molecular formula is C23H30O4S. The van der Waals surface area contributed by atoms with Crippen LogP contribution in [0.3, 0.4) is 0 Å². The Balaban J connectivity index is 1.45. The fraction of sp³-hybridized carbons (Fsp3) is 0.522. The van der Waals surface area contributed by atoms with Crippen LogP contribution in [0.5, 0.6) is 0 Å². The van der Waals surface area contributed by atoms with Gasteiger partial charge in [-0.05, 0) is 54.7 Å². The van der Waals surface area contributed by atoms with Crippen molar-refractivity contribution in [2.75, 3.05) is 5.75 Å². The molecule has 0 spiro atoms. The molecule has 3 rings (SSSR count). The van der Waals surface area contributed by atoms with Crippen LogP contribution in [0.2, 0.25) is 0 Å². The zero-order chi connectivity index (χ0) is 19.8. The minimum absolute atomic E-state index is 0.236. The van der Waals surface area contributed by atoms with Gasteiger partial charge in [-0.15, -0.1) is 11.8 Å². The normalized spacial score (nSPS) is 27.8. The molecule has 5 heteroatoms. The molecule has 0 aromatic heterocycles. The highest BCUT2D eigenvalue weighted by atomic mass is 32.2. The second kappa shape index (κ2) is 10.8. The Morgan fingerprint density at radius 1 is 1.25 bits per heavy atom. The fourth-order valence-corrected chi connectivity index (χ4v) is 5.05. The third-order valence-electron chi connectivity index (χ3n) is 5.67. The number of fused-ring (bicyclic) bond motifs is 2. The molecule has 2 aliphatic heterocycles. The number of carbonyl (C=O) groups is 1. The molecule has 152 valence electrons. The molecule has 2 heterocycles. The largest absolute Gasteiger partial charge is 0.481 e. The third-order valence-corrected chi connectivity index (χ3v) is 6.52. The minimum atomic E-state index is -0.728. The van der Waals surface area contributed by atoms with Crippen LogP contribution in [0.15, 0.2) is 54.0 Å². The Bertz CT molecular complexity index is 672. The van der Waals surface area contributed by atoms with E-state index in [0.717, 1.165) is 37.0 Å². The summed E-state index contributed by atoms with van der Waals surface area (Å²) >= 11 is 1.79. The number of aliphatic hydroxyl groups excluding tert-OH is 1. The fourth-order valence-electron chi connectivity index (χ4n) is 4.23. The van der Waals surface area contributed by atoms with E-state index in [-0.39, 0.29) is 6.42 Å². The second-order valence-electron chi connectivity index (χ2n) is 7.59. The van der Waals surface area contributed by atoms with Crippen LogP contribution in [0, 0.1) is 11.8 Å². The van der Waals surface area contributed by atoms with E-state index in [0.29, 0.717) is 30.5 Å². The molecule has 0 radical (unpaired) electrons. The summed E-state index contributed by atoms with van der Waals surface area (Å²) in [5, 5.41) is 21.1. The lowest BCUT2D eigenvalue weighted by molar-refractivity contribution is -0.137. The maximum Gasteiger partial charge on any atom is 0.303 e. The standard InChI is InChI=1S/C23H30O4S/c24-20(17-7-3-1-4-8-17)11-10-18-19(22-13-12-21(18)27-22)14-16-28-15-6-2-5-9-23(25)26/h1,3-4,6-8,10-11,15,18-22,24H,2,5,9,12-14,16H2,(H,25,26)/b11-10+,15-6?/t18-,19+,20?,21-,22+/m0/s1. The highest BCUT2D eigenvalue weighted by molar-refractivity contribution is 8.02. The summed E-state index contributed by atoms with van der Waals surface area (Å²) in [6.07, 6.45) is 11.4. The molecule has 2 aliphatic rings. The number of allylic oxidation sites excluding steroid dienone is 1. The molecule has 5 atom stereocenters. The summed E-state index contributed by atoms with van der Waals surface area (Å²) < 4.78 is 6.15. The Morgan fingerprint density at radius 3 is 2.82 bits per heavy atom. The maximum atomic E-state index is 10.5. The monoisotopic (exact) mass is 402 g/mol. The van der Waals surface area contributed by atoms with Gasteiger partial charge in [0.2, 0.25) is 0 Å². The number of unbranched alkanes of at least 4 members (excludes halogenated alkanes) is 1. The van der Waals surface area contributed by atoms with E-state index in [1.165, 1.54) is 0 Å². The molecule has 0 amide bonds. The average Bonchev–Trinajstić information content (AvgIpc) is 3.30. The number of aliphatic carboxylic acids is 1. The number of rotatable bonds is 11. The van der Waals surface area contributed by atoms with Gasteiger partial charge in [0.15, 0.2) is 0 Å². The van der Waals surface area contributed by atoms with E-state index in [1.54, 1.807) is 11.8 Å². The van der Waals surface area contributed by atoms with Crippen LogP contribution < -0.4 is 0 Å². The number of ether oxygens (including phenoxy) is 1. The number of hydrogen-bond donors (Lipinski definition) is 2. The highest BCUT2D eigenvalue weighted by Gasteiger charge is 2.47. The van der Waals surface area contributed by atoms with Crippen LogP contribution in [-0.2, 0) is 9.53 Å². The Labute approximate surface area is 171 Å². The first-order chi connectivity index (χ1) is 13.6. The van der Waals surface area contributed by atoms with Crippen molar-refractivity contribution < 1.29 is 19.7 Å². The zero-order valence-corrected chi connectivity index (χ0v) is 17.0. The number of hydrogen-bond acceptors (Lipinski definition) is 4. The van der Waals surface area contributed by atoms with Gasteiger partial charge < -0.3 is 14.9 Å². The van der Waals surface area contributed by atoms with Crippen molar-refractivity contribution in [2.24, 2.45) is 11.8 Å². The van der Waals surface area contributed by atoms with Gasteiger partial charge in [-0.2, -0.15) is 0 Å². The number of carboxylic acid groups (broad SMARTS) is 1. The van der Waals surface area contributed by atoms with Crippen molar-refractivity contribution in [2.45, 2.75) is 56.8 Å². The summed E-state index contributed by atoms with van der Waals surface area (Å²) in [5.74, 6) is 1.22. The highest BCUT2D eigenvalue weighted by Crippen LogP contribution is 2.46. The van der Waals surface area contributed by atoms with Crippen molar-refractivity contribution in [1.29, 1.82) is 0 Å². The smallest absolute Gasteiger partial charge is 0.303 e. The Morgan fingerprint density at radius 2 is 2.04 bits per heavy atom. The predicted octanol–water partition coefficient (Wildman–Crippen LogP) is 4.96. The second-order valence-corrected chi connectivity index (χ2v) is 8.60. The van der Waals surface area contributed by atoms with Gasteiger partial charge in [-0.25, -0.2) is 0 Å². The van der Waals surface area contributed by atoms with Crippen molar-refractivity contribution in [3.63, 3.8) is 0 Å². The van der Waals surface area contributed by atoms with E-state index in [2.05, 4.69) is 17.6 Å². The summed E-state index contributed by atoms with van der Waals surface area (Å²) in [5.41, 5.74) is 0.919. The average molecular weight is 403 g/mol. The van der Waals surface area contributed by atoms with Crippen molar-refractivity contribution in [3.05, 3.63) is 59.5 Å². The molecule has 0 aliphatic carbocycles. The first-order valence-corrected chi connectivity index (χ1v) is 11.2. The Hall–Kier alpha value is -1.56. The minimum Gasteiger partial charge on any atom is -0.481 e. The van der Waals surface area contributed by atoms with Crippen molar-refractivity contribution in [3.8, 4) is 0 Å². The molecule has 2 fully saturated rings. The summed E-state index contributed by atoms with van der Waals surface area (Å²) in [6.45, 7) is 0. The summed E-state index contributed by atoms with van der Waals surface area (Å²) in [6, 6.07) is 9.75. The third kappa shape index (κ3) is 5.97. The summed E-state index contributed by atoms with van der Waals surface area (Å²) in [4.78, 5) is 10.5. The summed E-state index contributed by atoms with van der Waals surface area (Å²) in [7, 11) is 0. The van der Waals surface area contributed by atoms with E-state index in [1.807, 2.05) is 36.4 Å². The van der Waals surface area contributed by atoms with Gasteiger partial charge in [-0.3, -0.25) is 4.79 Å². The quantitative estimate of drug-likeness (QED) is 0.404. The molecule has 4 nitrogen and oxygen atoms in total. The van der Waals surface area contributed by atoms with Crippen LogP contribution >= 0.6 is 11.8 Å². The van der Waals surface area contributed by atoms with Gasteiger partial charge >= 0.3 is 5.97 Å². The van der Waals surface area contributed by atoms with Crippen molar-refractivity contribution >= 4 is 17.7 Å². The maximum absolute atomic E-state index is 10.5. The number of carboxylic acids is 1. The topological polar surface area (TPSA) is 66.8 Å². The van der Waals surface area contributed by atoms with E-state index < -0.39 is 12.1 Å². The molecule has 1 aromatic carbocycles. The van der Waals surface area contributed by atoms with E-state index in [4.69, 9.17) is 9.84 Å². The number of aliphatic hydroxyl groups is 1. The molecule has 2 bridgehead atoms. The van der Waals surface area contributed by atoms with Gasteiger partial charge in [0.1, 0.15) is 0 Å². The van der Waals surface area contributed by atoms with Crippen LogP contribution in [0.1, 0.15) is 50.2 Å². The van der Waals surface area contributed by atoms with E-state index >= 15 is 0 Å². The lowest BCUT2D eigenvalue weighted by atomic mass is 9.77. The van der Waals surface area contributed by atoms with Gasteiger partial charge in [0, 0.05) is 12.3 Å². The van der Waals surface area contributed by atoms with Crippen molar-refractivity contribution in [1.82, 2.24) is 0 Å². The Kier molecular flexibility index (Phi) is 8.19. The molecule has 1 aromatic rings. The SMILES string of the molecule is O=C(O)CCCC=CSCC[C@@H]1[C@H](/C=C/C(O)c2ccccc2)[C@@H]2CC[C@H]1O2. The van der Waals surface area contributed by atoms with Gasteiger partial charge in [-0.1, -0.05) is 48.6 Å². The van der Waals surface area contributed by atoms with Gasteiger partial charge in [0.25, 0.3) is 0 Å². The first kappa shape index (κ1) is 21.2. The van der Waals surface area contributed by atoms with E-state index in [9.17, 15) is 9.90 Å². The van der Waals surface area contributed by atoms with Crippen LogP contribution in [-0.4, -0.2) is 34.1 Å². The lowest BCUT2D eigenvalue weighted by Gasteiger charge is -2.25. The van der Waals surface area contributed by atoms with Gasteiger partial charge in [0.05, 0.1) is 18.3 Å². The molecule has 2 N–H and O–H groups in total. The molecule has 0 saturated carbocycles. The van der Waals surface area contributed by atoms with Crippen LogP contribution in [0.25, 0.3) is 0 Å². The molecule has 2 saturated heterocycles. The lowest BCUT2D eigenvalue weighted by Crippen LogP contribution is -2.26. The zero-order valence-electron chi connectivity index (χ0n) is 16.2. The molecular weight excluding hydrogens is 372 g/mol. The first-order valence-electron chi connectivity index (χ1n) is 10.2. The molecule has 28 heavy (non-hydrogen) atoms. The number of thioether (sulfide) groups is 1. The van der Waals surface area contributed by atoms with Crippen LogP contribution in [0.4, 0.5) is 0 Å².